The van der Waals surface area contributed by atoms with Gasteiger partial charge in [0.15, 0.2) is 10.9 Å². The van der Waals surface area contributed by atoms with Crippen LogP contribution < -0.4 is 5.56 Å². The molecule has 5 nitrogen and oxygen atoms in total. The maximum absolute atomic E-state index is 12.9. The van der Waals surface area contributed by atoms with Crippen molar-refractivity contribution in [1.82, 2.24) is 9.55 Å². The lowest BCUT2D eigenvalue weighted by Gasteiger charge is -2.12. The molecule has 6 heteroatoms. The first kappa shape index (κ1) is 19.4. The molecule has 0 spiro atoms. The van der Waals surface area contributed by atoms with Crippen molar-refractivity contribution in [1.29, 1.82) is 0 Å². The van der Waals surface area contributed by atoms with Crippen molar-refractivity contribution in [3.8, 4) is 0 Å². The van der Waals surface area contributed by atoms with E-state index >= 15 is 0 Å². The summed E-state index contributed by atoms with van der Waals surface area (Å²) in [4.78, 5) is 30.3. The largest absolute Gasteiger partial charge is 0.383 e. The van der Waals surface area contributed by atoms with Crippen molar-refractivity contribution in [2.75, 3.05) is 19.5 Å². The number of nitrogens with zero attached hydrogens (tertiary/aromatic N) is 2. The summed E-state index contributed by atoms with van der Waals surface area (Å²) in [5.74, 6) is 0.206. The Morgan fingerprint density at radius 1 is 1.03 bits per heavy atom. The summed E-state index contributed by atoms with van der Waals surface area (Å²) in [5, 5.41) is 3.22. The van der Waals surface area contributed by atoms with Crippen molar-refractivity contribution in [3.63, 3.8) is 0 Å². The van der Waals surface area contributed by atoms with Gasteiger partial charge in [-0.25, -0.2) is 4.98 Å². The zero-order chi connectivity index (χ0) is 20.2. The third-order valence-corrected chi connectivity index (χ3v) is 5.73. The molecule has 0 fully saturated rings. The van der Waals surface area contributed by atoms with Crippen LogP contribution in [0.25, 0.3) is 21.7 Å². The van der Waals surface area contributed by atoms with Gasteiger partial charge in [-0.3, -0.25) is 14.2 Å². The maximum Gasteiger partial charge on any atom is 0.262 e. The number of rotatable bonds is 7. The van der Waals surface area contributed by atoms with Crippen molar-refractivity contribution in [2.45, 2.75) is 11.7 Å². The highest BCUT2D eigenvalue weighted by molar-refractivity contribution is 7.99. The van der Waals surface area contributed by atoms with Crippen LogP contribution in [-0.4, -0.2) is 34.8 Å². The van der Waals surface area contributed by atoms with E-state index in [1.165, 1.54) is 11.8 Å². The molecule has 0 amide bonds. The Balaban J connectivity index is 1.62. The maximum atomic E-state index is 12.9. The second-order valence-electron chi connectivity index (χ2n) is 6.63. The molecule has 0 aliphatic carbocycles. The molecule has 1 aromatic heterocycles. The Morgan fingerprint density at radius 3 is 2.62 bits per heavy atom. The Bertz CT molecular complexity index is 1250. The summed E-state index contributed by atoms with van der Waals surface area (Å²) in [6.07, 6.45) is 0. The molecule has 3 aromatic carbocycles. The van der Waals surface area contributed by atoms with E-state index in [9.17, 15) is 9.59 Å². The van der Waals surface area contributed by atoms with Gasteiger partial charge < -0.3 is 4.74 Å². The topological polar surface area (TPSA) is 61.2 Å². The second kappa shape index (κ2) is 8.59. The van der Waals surface area contributed by atoms with Crippen LogP contribution in [0.1, 0.15) is 10.4 Å². The number of hydrogen-bond acceptors (Lipinski definition) is 5. The summed E-state index contributed by atoms with van der Waals surface area (Å²) >= 11 is 1.28. The molecule has 0 N–H and O–H groups in total. The predicted molar refractivity (Wildman–Crippen MR) is 117 cm³/mol. The zero-order valence-electron chi connectivity index (χ0n) is 16.0. The van der Waals surface area contributed by atoms with Crippen molar-refractivity contribution >= 4 is 39.2 Å². The lowest BCUT2D eigenvalue weighted by Crippen LogP contribution is -2.25. The fourth-order valence-electron chi connectivity index (χ4n) is 3.21. The van der Waals surface area contributed by atoms with E-state index in [4.69, 9.17) is 4.74 Å². The van der Waals surface area contributed by atoms with E-state index in [0.717, 1.165) is 10.8 Å². The number of thioether (sulfide) groups is 1. The summed E-state index contributed by atoms with van der Waals surface area (Å²) in [6.45, 7) is 0.784. The summed E-state index contributed by atoms with van der Waals surface area (Å²) in [5.41, 5.74) is 1.17. The van der Waals surface area contributed by atoms with Crippen molar-refractivity contribution < 1.29 is 9.53 Å². The van der Waals surface area contributed by atoms with Crippen LogP contribution in [0.4, 0.5) is 0 Å². The average molecular weight is 404 g/mol. The van der Waals surface area contributed by atoms with E-state index in [1.54, 1.807) is 17.7 Å². The van der Waals surface area contributed by atoms with Gasteiger partial charge in [-0.05, 0) is 29.0 Å². The summed E-state index contributed by atoms with van der Waals surface area (Å²) in [7, 11) is 1.59. The number of hydrogen-bond donors (Lipinski definition) is 0. The minimum atomic E-state index is -0.117. The van der Waals surface area contributed by atoms with Crippen LogP contribution in [-0.2, 0) is 11.3 Å². The van der Waals surface area contributed by atoms with E-state index < -0.39 is 0 Å². The molecule has 0 bridgehead atoms. The molecule has 0 saturated carbocycles. The number of aromatic nitrogens is 2. The van der Waals surface area contributed by atoms with E-state index in [-0.39, 0.29) is 17.1 Å². The number of fused-ring (bicyclic) bond motifs is 2. The van der Waals surface area contributed by atoms with Crippen LogP contribution >= 0.6 is 11.8 Å². The fourth-order valence-corrected chi connectivity index (χ4v) is 4.13. The molecule has 0 atom stereocenters. The minimum Gasteiger partial charge on any atom is -0.383 e. The van der Waals surface area contributed by atoms with Crippen LogP contribution in [0.15, 0.2) is 76.7 Å². The highest BCUT2D eigenvalue weighted by atomic mass is 32.2. The first-order chi connectivity index (χ1) is 14.2. The third kappa shape index (κ3) is 4.09. The molecule has 0 radical (unpaired) electrons. The normalized spacial score (nSPS) is 11.2. The standard InChI is InChI=1S/C23H20N2O3S/c1-28-13-12-25-22(27)19-8-4-5-9-20(19)24-23(25)29-15-21(26)18-11-10-16-6-2-3-7-17(16)14-18/h2-11,14H,12-13,15H2,1H3. The summed E-state index contributed by atoms with van der Waals surface area (Å²) in [6, 6.07) is 20.9. The SMILES string of the molecule is COCCn1c(SCC(=O)c2ccc3ccccc3c2)nc2ccccc2c1=O. The molecule has 4 aromatic rings. The lowest BCUT2D eigenvalue weighted by molar-refractivity contribution is 0.102. The molecule has 29 heavy (non-hydrogen) atoms. The monoisotopic (exact) mass is 404 g/mol. The highest BCUT2D eigenvalue weighted by Crippen LogP contribution is 2.21. The number of para-hydroxylation sites is 1. The van der Waals surface area contributed by atoms with Crippen LogP contribution in [0, 0.1) is 0 Å². The first-order valence-corrected chi connectivity index (χ1v) is 10.3. The van der Waals surface area contributed by atoms with Crippen LogP contribution in [0.3, 0.4) is 0 Å². The number of Topliss-reactive ketones (excluding diaryl/α,β-unsaturated/α-hetero) is 1. The summed E-state index contributed by atoms with van der Waals surface area (Å²) < 4.78 is 6.73. The number of carbonyl (C=O) groups excluding carboxylic acids is 1. The van der Waals surface area contributed by atoms with E-state index in [2.05, 4.69) is 4.98 Å². The zero-order valence-corrected chi connectivity index (χ0v) is 16.8. The first-order valence-electron chi connectivity index (χ1n) is 9.30. The number of ketones is 1. The number of ether oxygens (including phenoxy) is 1. The Kier molecular flexibility index (Phi) is 5.74. The molecular weight excluding hydrogens is 384 g/mol. The Morgan fingerprint density at radius 2 is 1.79 bits per heavy atom. The fraction of sp³-hybridized carbons (Fsp3) is 0.174. The average Bonchev–Trinajstić information content (AvgIpc) is 2.76. The molecule has 0 aliphatic heterocycles. The molecule has 0 aliphatic rings. The Labute approximate surface area is 172 Å². The molecular formula is C23H20N2O3S. The number of benzene rings is 3. The van der Waals surface area contributed by atoms with Crippen LogP contribution in [0.5, 0.6) is 0 Å². The van der Waals surface area contributed by atoms with Gasteiger partial charge in [0, 0.05) is 12.7 Å². The smallest absolute Gasteiger partial charge is 0.262 e. The quantitative estimate of drug-likeness (QED) is 0.263. The second-order valence-corrected chi connectivity index (χ2v) is 7.58. The van der Waals surface area contributed by atoms with Gasteiger partial charge >= 0.3 is 0 Å². The van der Waals surface area contributed by atoms with Crippen LogP contribution in [0.2, 0.25) is 0 Å². The Hall–Kier alpha value is -2.96. The number of methoxy groups -OCH3 is 1. The van der Waals surface area contributed by atoms with Gasteiger partial charge in [0.1, 0.15) is 0 Å². The lowest BCUT2D eigenvalue weighted by atomic mass is 10.1. The van der Waals surface area contributed by atoms with Gasteiger partial charge in [-0.2, -0.15) is 0 Å². The van der Waals surface area contributed by atoms with Crippen molar-refractivity contribution in [2.24, 2.45) is 0 Å². The number of carbonyl (C=O) groups is 1. The van der Waals surface area contributed by atoms with E-state index in [0.29, 0.717) is 34.8 Å². The molecule has 0 unspecified atom stereocenters. The van der Waals surface area contributed by atoms with E-state index in [1.807, 2.05) is 60.7 Å². The van der Waals surface area contributed by atoms with Gasteiger partial charge in [-0.1, -0.05) is 60.3 Å². The third-order valence-electron chi connectivity index (χ3n) is 4.75. The minimum absolute atomic E-state index is 0.00134. The van der Waals surface area contributed by atoms with Crippen molar-refractivity contribution in [3.05, 3.63) is 82.6 Å². The molecule has 1 heterocycles. The van der Waals surface area contributed by atoms with Gasteiger partial charge in [-0.15, -0.1) is 0 Å². The predicted octanol–water partition coefficient (Wildman–Crippen LogP) is 4.17. The molecule has 146 valence electrons. The van der Waals surface area contributed by atoms with Gasteiger partial charge in [0.05, 0.1) is 29.8 Å². The highest BCUT2D eigenvalue weighted by Gasteiger charge is 2.14. The van der Waals surface area contributed by atoms with Gasteiger partial charge in [0.25, 0.3) is 5.56 Å². The van der Waals surface area contributed by atoms with Gasteiger partial charge in [0.2, 0.25) is 0 Å². The molecule has 0 saturated heterocycles. The molecule has 4 rings (SSSR count).